The summed E-state index contributed by atoms with van der Waals surface area (Å²) in [6, 6.07) is 0.856. The maximum absolute atomic E-state index is 13.5. The molecule has 0 saturated heterocycles. The van der Waals surface area contributed by atoms with Gasteiger partial charge >= 0.3 is 5.69 Å². The third-order valence-corrected chi connectivity index (χ3v) is 2.14. The molecule has 0 aromatic heterocycles. The minimum Gasteiger partial charge on any atom is -0.330 e. The normalized spacial score (nSPS) is 9.67. The Morgan fingerprint density at radius 3 is 2.61 bits per heavy atom. The van der Waals surface area contributed by atoms with E-state index in [0.717, 1.165) is 4.90 Å². The van der Waals surface area contributed by atoms with E-state index in [-0.39, 0.29) is 6.54 Å². The number of hydrogen-bond acceptors (Lipinski definition) is 3. The molecule has 0 bridgehead atoms. The fourth-order valence-electron chi connectivity index (χ4n) is 1.25. The second-order valence-electron chi connectivity index (χ2n) is 3.41. The van der Waals surface area contributed by atoms with Gasteiger partial charge in [0, 0.05) is 7.05 Å². The van der Waals surface area contributed by atoms with E-state index in [2.05, 4.69) is 5.92 Å². The average Bonchev–Trinajstić information content (AvgIpc) is 2.30. The Labute approximate surface area is 101 Å². The Kier molecular flexibility index (Phi) is 3.94. The van der Waals surface area contributed by atoms with Crippen LogP contribution >= 0.6 is 0 Å². The summed E-state index contributed by atoms with van der Waals surface area (Å²) in [6.07, 6.45) is 4.98. The summed E-state index contributed by atoms with van der Waals surface area (Å²) in [4.78, 5) is 21.9. The van der Waals surface area contributed by atoms with Gasteiger partial charge in [0.15, 0.2) is 0 Å². The van der Waals surface area contributed by atoms with Crippen LogP contribution in [0.1, 0.15) is 10.4 Å². The van der Waals surface area contributed by atoms with Crippen molar-refractivity contribution in [1.82, 2.24) is 4.90 Å². The molecular weight excluding hydrogens is 246 g/mol. The molecule has 1 aromatic rings. The molecule has 18 heavy (non-hydrogen) atoms. The molecule has 0 aliphatic rings. The van der Waals surface area contributed by atoms with Crippen LogP contribution in [-0.2, 0) is 0 Å². The van der Waals surface area contributed by atoms with Crippen molar-refractivity contribution in [3.8, 4) is 12.3 Å². The number of carbonyl (C=O) groups is 1. The average molecular weight is 254 g/mol. The Morgan fingerprint density at radius 1 is 1.50 bits per heavy atom. The van der Waals surface area contributed by atoms with Crippen molar-refractivity contribution >= 4 is 11.6 Å². The number of rotatable bonds is 3. The molecule has 94 valence electrons. The Balaban J connectivity index is 3.20. The number of halogens is 2. The van der Waals surface area contributed by atoms with E-state index in [9.17, 15) is 23.7 Å². The van der Waals surface area contributed by atoms with Crippen LogP contribution in [0, 0.1) is 34.1 Å². The molecule has 7 heteroatoms. The SMILES string of the molecule is C#CCN(C)C(=O)c1cc(F)c([N+](=O)[O-])cc1F. The Hall–Kier alpha value is -2.49. The second-order valence-corrected chi connectivity index (χ2v) is 3.41. The van der Waals surface area contributed by atoms with Crippen LogP contribution in [0.4, 0.5) is 14.5 Å². The molecule has 0 radical (unpaired) electrons. The molecule has 0 heterocycles. The first kappa shape index (κ1) is 13.6. The first-order chi connectivity index (χ1) is 8.38. The van der Waals surface area contributed by atoms with Crippen molar-refractivity contribution in [2.45, 2.75) is 0 Å². The number of hydrogen-bond donors (Lipinski definition) is 0. The number of amides is 1. The second kappa shape index (κ2) is 5.23. The molecule has 0 N–H and O–H groups in total. The molecule has 0 aliphatic carbocycles. The van der Waals surface area contributed by atoms with Gasteiger partial charge in [0.25, 0.3) is 5.91 Å². The predicted molar refractivity (Wildman–Crippen MR) is 58.8 cm³/mol. The lowest BCUT2D eigenvalue weighted by Crippen LogP contribution is -2.28. The maximum atomic E-state index is 13.5. The van der Waals surface area contributed by atoms with Gasteiger partial charge in [-0.3, -0.25) is 14.9 Å². The number of nitro groups is 1. The van der Waals surface area contributed by atoms with E-state index in [1.165, 1.54) is 7.05 Å². The minimum absolute atomic E-state index is 0.0864. The molecule has 1 aromatic carbocycles. The number of benzene rings is 1. The smallest absolute Gasteiger partial charge is 0.307 e. The standard InChI is InChI=1S/C11H8F2N2O3/c1-3-4-14(2)11(16)7-5-9(13)10(15(17)18)6-8(7)12/h1,5-6H,4H2,2H3. The predicted octanol–water partition coefficient (Wildman–Crippen LogP) is 1.58. The molecule has 0 aliphatic heterocycles. The highest BCUT2D eigenvalue weighted by molar-refractivity contribution is 5.94. The Bertz CT molecular complexity index is 552. The van der Waals surface area contributed by atoms with E-state index >= 15 is 0 Å². The van der Waals surface area contributed by atoms with Crippen LogP contribution < -0.4 is 0 Å². The zero-order valence-corrected chi connectivity index (χ0v) is 9.31. The lowest BCUT2D eigenvalue weighted by Gasteiger charge is -2.14. The minimum atomic E-state index is -1.28. The van der Waals surface area contributed by atoms with Gasteiger partial charge in [0.1, 0.15) is 5.82 Å². The van der Waals surface area contributed by atoms with Crippen LogP contribution in [0.5, 0.6) is 0 Å². The number of nitro benzene ring substituents is 1. The first-order valence-electron chi connectivity index (χ1n) is 4.70. The van der Waals surface area contributed by atoms with Crippen LogP contribution in [0.25, 0.3) is 0 Å². The van der Waals surface area contributed by atoms with E-state index in [1.807, 2.05) is 0 Å². The van der Waals surface area contributed by atoms with Crippen molar-refractivity contribution in [1.29, 1.82) is 0 Å². The fraction of sp³-hybridized carbons (Fsp3) is 0.182. The zero-order valence-electron chi connectivity index (χ0n) is 9.31. The van der Waals surface area contributed by atoms with E-state index in [0.29, 0.717) is 12.1 Å². The van der Waals surface area contributed by atoms with E-state index in [4.69, 9.17) is 6.42 Å². The quantitative estimate of drug-likeness (QED) is 0.467. The van der Waals surface area contributed by atoms with Gasteiger partial charge in [-0.1, -0.05) is 5.92 Å². The molecule has 5 nitrogen and oxygen atoms in total. The monoisotopic (exact) mass is 254 g/mol. The lowest BCUT2D eigenvalue weighted by atomic mass is 10.1. The molecule has 1 rings (SSSR count). The summed E-state index contributed by atoms with van der Waals surface area (Å²) >= 11 is 0. The fourth-order valence-corrected chi connectivity index (χ4v) is 1.25. The van der Waals surface area contributed by atoms with Gasteiger partial charge in [-0.2, -0.15) is 4.39 Å². The molecule has 0 saturated carbocycles. The van der Waals surface area contributed by atoms with Crippen molar-refractivity contribution in [3.63, 3.8) is 0 Å². The molecule has 0 unspecified atom stereocenters. The van der Waals surface area contributed by atoms with Crippen LogP contribution in [0.2, 0.25) is 0 Å². The zero-order chi connectivity index (χ0) is 13.9. The molecule has 1 amide bonds. The van der Waals surface area contributed by atoms with E-state index < -0.39 is 33.7 Å². The number of carbonyl (C=O) groups excluding carboxylic acids is 1. The highest BCUT2D eigenvalue weighted by atomic mass is 19.1. The lowest BCUT2D eigenvalue weighted by molar-refractivity contribution is -0.387. The topological polar surface area (TPSA) is 63.5 Å². The van der Waals surface area contributed by atoms with Gasteiger partial charge in [-0.25, -0.2) is 4.39 Å². The van der Waals surface area contributed by atoms with Gasteiger partial charge in [-0.05, 0) is 6.07 Å². The van der Waals surface area contributed by atoms with Gasteiger partial charge in [-0.15, -0.1) is 6.42 Å². The molecule has 0 fully saturated rings. The Morgan fingerprint density at radius 2 is 2.11 bits per heavy atom. The van der Waals surface area contributed by atoms with Crippen molar-refractivity contribution < 1.29 is 18.5 Å². The van der Waals surface area contributed by atoms with E-state index in [1.54, 1.807) is 0 Å². The van der Waals surface area contributed by atoms with Gasteiger partial charge < -0.3 is 4.90 Å². The van der Waals surface area contributed by atoms with Crippen LogP contribution in [0.3, 0.4) is 0 Å². The van der Waals surface area contributed by atoms with Crippen molar-refractivity contribution in [2.75, 3.05) is 13.6 Å². The van der Waals surface area contributed by atoms with Gasteiger partial charge in [0.05, 0.1) is 23.1 Å². The highest BCUT2D eigenvalue weighted by Gasteiger charge is 2.23. The number of terminal acetylenes is 1. The summed E-state index contributed by atoms with van der Waals surface area (Å²) in [5.74, 6) is -1.13. The summed E-state index contributed by atoms with van der Waals surface area (Å²) in [5.41, 5.74) is -1.63. The van der Waals surface area contributed by atoms with Crippen molar-refractivity contribution in [3.05, 3.63) is 39.4 Å². The summed E-state index contributed by atoms with van der Waals surface area (Å²) in [5, 5.41) is 10.4. The number of nitrogens with zero attached hydrogens (tertiary/aromatic N) is 2. The summed E-state index contributed by atoms with van der Waals surface area (Å²) < 4.78 is 26.7. The van der Waals surface area contributed by atoms with Gasteiger partial charge in [0.2, 0.25) is 5.82 Å². The molecule has 0 spiro atoms. The summed E-state index contributed by atoms with van der Waals surface area (Å²) in [7, 11) is 1.31. The molecular formula is C11H8F2N2O3. The summed E-state index contributed by atoms with van der Waals surface area (Å²) in [6.45, 7) is -0.0864. The molecule has 0 atom stereocenters. The maximum Gasteiger partial charge on any atom is 0.307 e. The third kappa shape index (κ3) is 2.60. The van der Waals surface area contributed by atoms with Crippen LogP contribution in [0.15, 0.2) is 12.1 Å². The highest BCUT2D eigenvalue weighted by Crippen LogP contribution is 2.22. The third-order valence-electron chi connectivity index (χ3n) is 2.14. The first-order valence-corrected chi connectivity index (χ1v) is 4.70. The largest absolute Gasteiger partial charge is 0.330 e. The van der Waals surface area contributed by atoms with Crippen LogP contribution in [-0.4, -0.2) is 29.3 Å². The van der Waals surface area contributed by atoms with Crippen molar-refractivity contribution in [2.24, 2.45) is 0 Å².